The van der Waals surface area contributed by atoms with E-state index < -0.39 is 6.10 Å². The van der Waals surface area contributed by atoms with E-state index in [1.807, 2.05) is 19.9 Å². The first kappa shape index (κ1) is 13.5. The summed E-state index contributed by atoms with van der Waals surface area (Å²) in [6.45, 7) is 6.08. The summed E-state index contributed by atoms with van der Waals surface area (Å²) in [4.78, 5) is 11.2. The number of aliphatic hydroxyl groups is 1. The minimum absolute atomic E-state index is 0.0166. The molecule has 0 aliphatic carbocycles. The molecular formula is C13H19NO3. The van der Waals surface area contributed by atoms with Crippen LogP contribution in [0.2, 0.25) is 0 Å². The monoisotopic (exact) mass is 237 g/mol. The quantitative estimate of drug-likeness (QED) is 0.817. The Morgan fingerprint density at radius 2 is 2.24 bits per heavy atom. The molecule has 0 saturated heterocycles. The molecule has 0 saturated carbocycles. The lowest BCUT2D eigenvalue weighted by molar-refractivity contribution is -0.122. The molecule has 0 heterocycles. The fourth-order valence-electron chi connectivity index (χ4n) is 1.49. The largest absolute Gasteiger partial charge is 0.484 e. The molecule has 0 aliphatic heterocycles. The number of benzene rings is 1. The van der Waals surface area contributed by atoms with Gasteiger partial charge >= 0.3 is 0 Å². The van der Waals surface area contributed by atoms with Crippen molar-refractivity contribution in [1.29, 1.82) is 0 Å². The molecule has 94 valence electrons. The Bertz CT molecular complexity index is 388. The van der Waals surface area contributed by atoms with Crippen LogP contribution in [0.3, 0.4) is 0 Å². The van der Waals surface area contributed by atoms with Crippen molar-refractivity contribution in [2.75, 3.05) is 13.2 Å². The van der Waals surface area contributed by atoms with Crippen LogP contribution in [-0.4, -0.2) is 24.2 Å². The predicted molar refractivity (Wildman–Crippen MR) is 66.0 cm³/mol. The first-order valence-electron chi connectivity index (χ1n) is 5.72. The molecule has 0 radical (unpaired) electrons. The van der Waals surface area contributed by atoms with Gasteiger partial charge in [0.2, 0.25) is 0 Å². The summed E-state index contributed by atoms with van der Waals surface area (Å²) in [5.74, 6) is 0.534. The van der Waals surface area contributed by atoms with Crippen molar-refractivity contribution in [3.8, 4) is 5.75 Å². The number of amides is 1. The summed E-state index contributed by atoms with van der Waals surface area (Å²) >= 11 is 0. The van der Waals surface area contributed by atoms with Crippen LogP contribution in [0.15, 0.2) is 18.2 Å². The van der Waals surface area contributed by atoms with Gasteiger partial charge in [0.15, 0.2) is 6.61 Å². The van der Waals surface area contributed by atoms with Gasteiger partial charge in [0, 0.05) is 6.54 Å². The van der Waals surface area contributed by atoms with E-state index in [4.69, 9.17) is 4.74 Å². The number of likely N-dealkylation sites (N-methyl/N-ethyl adjacent to an activating group) is 1. The maximum atomic E-state index is 11.2. The smallest absolute Gasteiger partial charge is 0.257 e. The third kappa shape index (κ3) is 4.07. The van der Waals surface area contributed by atoms with Gasteiger partial charge in [-0.2, -0.15) is 0 Å². The van der Waals surface area contributed by atoms with Crippen LogP contribution in [0.4, 0.5) is 0 Å². The van der Waals surface area contributed by atoms with E-state index in [0.29, 0.717) is 12.3 Å². The van der Waals surface area contributed by atoms with E-state index in [1.165, 1.54) is 0 Å². The van der Waals surface area contributed by atoms with E-state index in [-0.39, 0.29) is 12.5 Å². The number of aliphatic hydroxyl groups excluding tert-OH is 1. The zero-order chi connectivity index (χ0) is 12.8. The maximum absolute atomic E-state index is 11.2. The third-order valence-electron chi connectivity index (χ3n) is 2.41. The molecule has 4 heteroatoms. The Morgan fingerprint density at radius 1 is 1.53 bits per heavy atom. The van der Waals surface area contributed by atoms with E-state index >= 15 is 0 Å². The summed E-state index contributed by atoms with van der Waals surface area (Å²) in [5.41, 5.74) is 1.75. The van der Waals surface area contributed by atoms with Crippen molar-refractivity contribution in [3.63, 3.8) is 0 Å². The van der Waals surface area contributed by atoms with Crippen molar-refractivity contribution in [2.45, 2.75) is 26.9 Å². The van der Waals surface area contributed by atoms with Crippen LogP contribution in [0.5, 0.6) is 5.75 Å². The van der Waals surface area contributed by atoms with Gasteiger partial charge < -0.3 is 15.2 Å². The molecule has 4 nitrogen and oxygen atoms in total. The van der Waals surface area contributed by atoms with E-state index in [9.17, 15) is 9.90 Å². The molecule has 0 aliphatic rings. The van der Waals surface area contributed by atoms with Crippen molar-refractivity contribution < 1.29 is 14.6 Å². The van der Waals surface area contributed by atoms with Gasteiger partial charge in [-0.05, 0) is 44.0 Å². The minimum atomic E-state index is -0.494. The number of carbonyl (C=O) groups is 1. The lowest BCUT2D eigenvalue weighted by Crippen LogP contribution is -2.28. The molecule has 17 heavy (non-hydrogen) atoms. The number of aryl methyl sites for hydroxylation is 1. The summed E-state index contributed by atoms with van der Waals surface area (Å²) in [7, 11) is 0. The Labute approximate surface area is 102 Å². The maximum Gasteiger partial charge on any atom is 0.257 e. The second-order valence-corrected chi connectivity index (χ2v) is 3.94. The summed E-state index contributed by atoms with van der Waals surface area (Å²) in [6.07, 6.45) is -0.494. The van der Waals surface area contributed by atoms with Gasteiger partial charge in [-0.15, -0.1) is 0 Å². The SMILES string of the molecule is CCNC(=O)COc1ccc([C@H](C)O)cc1C. The van der Waals surface area contributed by atoms with Gasteiger partial charge in [-0.1, -0.05) is 6.07 Å². The Balaban J connectivity index is 2.63. The number of rotatable bonds is 5. The molecule has 0 aromatic heterocycles. The first-order valence-corrected chi connectivity index (χ1v) is 5.72. The van der Waals surface area contributed by atoms with Gasteiger partial charge in [-0.25, -0.2) is 0 Å². The van der Waals surface area contributed by atoms with E-state index in [1.54, 1.807) is 19.1 Å². The number of nitrogens with one attached hydrogen (secondary N) is 1. The molecule has 1 aromatic rings. The van der Waals surface area contributed by atoms with Gasteiger partial charge in [0.25, 0.3) is 5.91 Å². The molecule has 0 spiro atoms. The molecule has 2 N–H and O–H groups in total. The lowest BCUT2D eigenvalue weighted by atomic mass is 10.1. The van der Waals surface area contributed by atoms with Gasteiger partial charge in [0.05, 0.1) is 6.10 Å². The number of hydrogen-bond acceptors (Lipinski definition) is 3. The normalized spacial score (nSPS) is 12.0. The molecule has 0 bridgehead atoms. The molecule has 1 aromatic carbocycles. The second-order valence-electron chi connectivity index (χ2n) is 3.94. The fourth-order valence-corrected chi connectivity index (χ4v) is 1.49. The molecule has 1 amide bonds. The van der Waals surface area contributed by atoms with Crippen molar-refractivity contribution in [3.05, 3.63) is 29.3 Å². The van der Waals surface area contributed by atoms with Crippen LogP contribution >= 0.6 is 0 Å². The van der Waals surface area contributed by atoms with E-state index in [2.05, 4.69) is 5.32 Å². The Kier molecular flexibility index (Phi) is 4.97. The molecule has 1 rings (SSSR count). The Morgan fingerprint density at radius 3 is 2.76 bits per heavy atom. The second kappa shape index (κ2) is 6.25. The molecule has 1 atom stereocenters. The number of carbonyl (C=O) groups excluding carboxylic acids is 1. The minimum Gasteiger partial charge on any atom is -0.484 e. The predicted octanol–water partition coefficient (Wildman–Crippen LogP) is 1.56. The topological polar surface area (TPSA) is 58.6 Å². The highest BCUT2D eigenvalue weighted by Gasteiger charge is 2.06. The lowest BCUT2D eigenvalue weighted by Gasteiger charge is -2.11. The van der Waals surface area contributed by atoms with Crippen molar-refractivity contribution >= 4 is 5.91 Å². The summed E-state index contributed by atoms with van der Waals surface area (Å²) < 4.78 is 5.39. The van der Waals surface area contributed by atoms with Crippen LogP contribution in [-0.2, 0) is 4.79 Å². The molecule has 0 fully saturated rings. The highest BCUT2D eigenvalue weighted by molar-refractivity contribution is 5.77. The van der Waals surface area contributed by atoms with Crippen LogP contribution in [0.25, 0.3) is 0 Å². The first-order chi connectivity index (χ1) is 8.04. The van der Waals surface area contributed by atoms with E-state index in [0.717, 1.165) is 11.1 Å². The van der Waals surface area contributed by atoms with Crippen LogP contribution in [0.1, 0.15) is 31.1 Å². The molecular weight excluding hydrogens is 218 g/mol. The summed E-state index contributed by atoms with van der Waals surface area (Å²) in [5, 5.41) is 12.1. The fraction of sp³-hybridized carbons (Fsp3) is 0.462. The highest BCUT2D eigenvalue weighted by atomic mass is 16.5. The average molecular weight is 237 g/mol. The van der Waals surface area contributed by atoms with Gasteiger partial charge in [-0.3, -0.25) is 4.79 Å². The zero-order valence-electron chi connectivity index (χ0n) is 10.5. The van der Waals surface area contributed by atoms with Crippen molar-refractivity contribution in [2.24, 2.45) is 0 Å². The van der Waals surface area contributed by atoms with Gasteiger partial charge in [0.1, 0.15) is 5.75 Å². The molecule has 0 unspecified atom stereocenters. The standard InChI is InChI=1S/C13H19NO3/c1-4-14-13(16)8-17-12-6-5-11(10(3)15)7-9(12)2/h5-7,10,15H,4,8H2,1-3H3,(H,14,16)/t10-/m0/s1. The Hall–Kier alpha value is -1.55. The van der Waals surface area contributed by atoms with Crippen molar-refractivity contribution in [1.82, 2.24) is 5.32 Å². The average Bonchev–Trinajstić information content (AvgIpc) is 2.27. The van der Waals surface area contributed by atoms with Crippen LogP contribution in [0, 0.1) is 6.92 Å². The number of hydrogen-bond donors (Lipinski definition) is 2. The third-order valence-corrected chi connectivity index (χ3v) is 2.41. The zero-order valence-corrected chi connectivity index (χ0v) is 10.5. The number of ether oxygens (including phenoxy) is 1. The summed E-state index contributed by atoms with van der Waals surface area (Å²) in [6, 6.07) is 5.43. The highest BCUT2D eigenvalue weighted by Crippen LogP contribution is 2.22. The van der Waals surface area contributed by atoms with Crippen LogP contribution < -0.4 is 10.1 Å².